The van der Waals surface area contributed by atoms with Crippen LogP contribution in [0.3, 0.4) is 0 Å². The Morgan fingerprint density at radius 1 is 1.22 bits per heavy atom. The van der Waals surface area contributed by atoms with Crippen molar-refractivity contribution in [2.45, 2.75) is 38.0 Å². The van der Waals surface area contributed by atoms with Crippen molar-refractivity contribution in [2.75, 3.05) is 12.4 Å². The molecule has 2 aliphatic rings. The van der Waals surface area contributed by atoms with Crippen LogP contribution in [-0.4, -0.2) is 36.7 Å². The van der Waals surface area contributed by atoms with Crippen molar-refractivity contribution in [1.82, 2.24) is 24.5 Å². The Kier molecular flexibility index (Phi) is 3.86. The number of rotatable bonds is 3. The van der Waals surface area contributed by atoms with Crippen LogP contribution in [-0.2, 0) is 5.60 Å². The van der Waals surface area contributed by atoms with Gasteiger partial charge in [-0.25, -0.2) is 24.3 Å². The lowest BCUT2D eigenvalue weighted by molar-refractivity contribution is 0.0687. The van der Waals surface area contributed by atoms with Crippen molar-refractivity contribution >= 4 is 16.9 Å². The number of hydrogen-bond acceptors (Lipinski definition) is 7. The summed E-state index contributed by atoms with van der Waals surface area (Å²) in [5, 5.41) is 13.5. The minimum Gasteiger partial charge on any atom is -0.496 e. The summed E-state index contributed by atoms with van der Waals surface area (Å²) >= 11 is 0. The van der Waals surface area contributed by atoms with Gasteiger partial charge >= 0.3 is 0 Å². The van der Waals surface area contributed by atoms with Crippen molar-refractivity contribution in [3.63, 3.8) is 0 Å². The van der Waals surface area contributed by atoms with Crippen molar-refractivity contribution in [3.8, 4) is 16.9 Å². The van der Waals surface area contributed by atoms with Gasteiger partial charge in [0.25, 0.3) is 0 Å². The van der Waals surface area contributed by atoms with Crippen LogP contribution in [0.1, 0.15) is 49.6 Å². The van der Waals surface area contributed by atoms with Crippen molar-refractivity contribution in [2.24, 2.45) is 0 Å². The van der Waals surface area contributed by atoms with E-state index in [9.17, 15) is 5.11 Å². The summed E-state index contributed by atoms with van der Waals surface area (Å²) in [6.45, 7) is 3.21. The fourth-order valence-corrected chi connectivity index (χ4v) is 4.75. The normalized spacial score (nSPS) is 18.9. The first-order chi connectivity index (χ1) is 15.3. The average Bonchev–Trinajstić information content (AvgIpc) is 3.27. The van der Waals surface area contributed by atoms with Crippen molar-refractivity contribution in [3.05, 3.63) is 59.8 Å². The van der Waals surface area contributed by atoms with E-state index in [2.05, 4.69) is 24.8 Å². The fraction of sp³-hybridized carbons (Fsp3) is 0.304. The van der Waals surface area contributed by atoms with E-state index >= 15 is 4.39 Å². The van der Waals surface area contributed by atoms with Crippen LogP contribution in [0.15, 0.2) is 36.8 Å². The van der Waals surface area contributed by atoms with Gasteiger partial charge in [0.05, 0.1) is 35.8 Å². The molecule has 0 fully saturated rings. The largest absolute Gasteiger partial charge is 0.496 e. The number of aliphatic hydroxyl groups is 1. The molecule has 3 aromatic heterocycles. The van der Waals surface area contributed by atoms with E-state index in [0.29, 0.717) is 16.6 Å². The minimum absolute atomic E-state index is 0.000389. The molecule has 2 bridgehead atoms. The predicted octanol–water partition coefficient (Wildman–Crippen LogP) is 3.72. The molecule has 32 heavy (non-hydrogen) atoms. The molecule has 1 aromatic carbocycles. The number of hydrogen-bond donors (Lipinski definition) is 2. The molecule has 0 amide bonds. The van der Waals surface area contributed by atoms with Gasteiger partial charge in [-0.2, -0.15) is 0 Å². The van der Waals surface area contributed by atoms with E-state index in [1.807, 2.05) is 6.07 Å². The van der Waals surface area contributed by atoms with Crippen LogP contribution < -0.4 is 10.1 Å². The molecule has 0 unspecified atom stereocenters. The Morgan fingerprint density at radius 2 is 2.00 bits per heavy atom. The van der Waals surface area contributed by atoms with Gasteiger partial charge in [-0.3, -0.25) is 0 Å². The lowest BCUT2D eigenvalue weighted by atomic mass is 9.97. The molecule has 2 N–H and O–H groups in total. The van der Waals surface area contributed by atoms with Crippen LogP contribution in [0.5, 0.6) is 5.75 Å². The SMILES string of the molecule is COc1ccnc2c1[C@H]1C[C@@H](N2)c2nc3cc(-c4cnc(C(C)(C)O)nc4)c(F)cc3n21. The number of fused-ring (bicyclic) bond motifs is 9. The van der Waals surface area contributed by atoms with E-state index < -0.39 is 5.60 Å². The van der Waals surface area contributed by atoms with E-state index in [4.69, 9.17) is 9.72 Å². The van der Waals surface area contributed by atoms with Crippen LogP contribution in [0.4, 0.5) is 10.2 Å². The highest BCUT2D eigenvalue weighted by Gasteiger charge is 2.42. The molecule has 0 aliphatic carbocycles. The van der Waals surface area contributed by atoms with E-state index in [1.165, 1.54) is 18.5 Å². The lowest BCUT2D eigenvalue weighted by Crippen LogP contribution is -2.19. The monoisotopic (exact) mass is 432 g/mol. The molecule has 162 valence electrons. The van der Waals surface area contributed by atoms with E-state index in [1.54, 1.807) is 33.2 Å². The van der Waals surface area contributed by atoms with Crippen LogP contribution in [0.25, 0.3) is 22.2 Å². The molecule has 0 saturated heterocycles. The molecule has 8 nitrogen and oxygen atoms in total. The molecular formula is C23H21FN6O2. The lowest BCUT2D eigenvalue weighted by Gasteiger charge is -2.25. The Balaban J connectivity index is 1.48. The maximum Gasteiger partial charge on any atom is 0.159 e. The number of methoxy groups -OCH3 is 1. The van der Waals surface area contributed by atoms with E-state index in [0.717, 1.165) is 34.9 Å². The fourth-order valence-electron chi connectivity index (χ4n) is 4.75. The number of nitrogens with zero attached hydrogens (tertiary/aromatic N) is 5. The highest BCUT2D eigenvalue weighted by atomic mass is 19.1. The van der Waals surface area contributed by atoms with Crippen molar-refractivity contribution < 1.29 is 14.2 Å². The minimum atomic E-state index is -1.16. The summed E-state index contributed by atoms with van der Waals surface area (Å²) in [4.78, 5) is 17.7. The average molecular weight is 432 g/mol. The molecule has 0 saturated carbocycles. The Bertz CT molecular complexity index is 1380. The molecule has 9 heteroatoms. The Morgan fingerprint density at radius 3 is 2.72 bits per heavy atom. The van der Waals surface area contributed by atoms with Crippen LogP contribution >= 0.6 is 0 Å². The summed E-state index contributed by atoms with van der Waals surface area (Å²) in [6.07, 6.45) is 5.57. The van der Waals surface area contributed by atoms with Gasteiger partial charge in [-0.05, 0) is 26.0 Å². The molecular weight excluding hydrogens is 411 g/mol. The van der Waals surface area contributed by atoms with Gasteiger partial charge in [-0.15, -0.1) is 0 Å². The maximum atomic E-state index is 15.3. The topological polar surface area (TPSA) is 98.0 Å². The Hall–Kier alpha value is -3.59. The number of nitrogens with one attached hydrogen (secondary N) is 1. The second-order valence-electron chi connectivity index (χ2n) is 8.74. The van der Waals surface area contributed by atoms with Crippen molar-refractivity contribution in [1.29, 1.82) is 0 Å². The Labute approximate surface area is 183 Å². The van der Waals surface area contributed by atoms with Gasteiger partial charge in [0, 0.05) is 42.2 Å². The van der Waals surface area contributed by atoms with Crippen LogP contribution in [0, 0.1) is 5.82 Å². The summed E-state index contributed by atoms with van der Waals surface area (Å²) in [5.74, 6) is 2.29. The molecule has 4 aromatic rings. The third-order valence-electron chi connectivity index (χ3n) is 6.21. The number of imidazole rings is 1. The van der Waals surface area contributed by atoms with E-state index in [-0.39, 0.29) is 23.7 Å². The summed E-state index contributed by atoms with van der Waals surface area (Å²) in [7, 11) is 1.64. The standard InChI is InChI=1S/C23H21FN6O2/c1-23(2,31)22-26-9-11(10-27-22)12-6-14-16(7-13(12)24)30-17-8-15(21(30)29-14)28-20-19(17)18(32-3)4-5-25-20/h4-7,9-10,15,17,31H,8H2,1-3H3,(H,25,28)/t15-,17-/m1/s1. The van der Waals surface area contributed by atoms with Gasteiger partial charge in [0.2, 0.25) is 0 Å². The first-order valence-electron chi connectivity index (χ1n) is 10.4. The molecule has 2 atom stereocenters. The number of halogens is 1. The van der Waals surface area contributed by atoms with Gasteiger partial charge < -0.3 is 19.7 Å². The summed E-state index contributed by atoms with van der Waals surface area (Å²) in [5.41, 5.74) is 2.12. The molecule has 2 aliphatic heterocycles. The number of pyridine rings is 1. The number of ether oxygens (including phenoxy) is 1. The molecule has 0 radical (unpaired) electrons. The van der Waals surface area contributed by atoms with Gasteiger partial charge in [0.1, 0.15) is 28.8 Å². The number of anilines is 1. The first kappa shape index (κ1) is 19.1. The summed E-state index contributed by atoms with van der Waals surface area (Å²) < 4.78 is 22.9. The smallest absolute Gasteiger partial charge is 0.159 e. The third kappa shape index (κ3) is 2.64. The predicted molar refractivity (Wildman–Crippen MR) is 116 cm³/mol. The highest BCUT2D eigenvalue weighted by Crippen LogP contribution is 2.51. The number of benzene rings is 1. The zero-order valence-corrected chi connectivity index (χ0v) is 17.8. The third-order valence-corrected chi connectivity index (χ3v) is 6.21. The summed E-state index contributed by atoms with van der Waals surface area (Å²) in [6, 6.07) is 5.07. The first-order valence-corrected chi connectivity index (χ1v) is 10.4. The quantitative estimate of drug-likeness (QED) is 0.509. The number of aromatic nitrogens is 5. The highest BCUT2D eigenvalue weighted by molar-refractivity contribution is 5.84. The second kappa shape index (κ2) is 6.46. The molecule has 5 heterocycles. The molecule has 6 rings (SSSR count). The van der Waals surface area contributed by atoms with Gasteiger partial charge in [0.15, 0.2) is 5.82 Å². The zero-order chi connectivity index (χ0) is 22.2. The maximum absolute atomic E-state index is 15.3. The van der Waals surface area contributed by atoms with Gasteiger partial charge in [-0.1, -0.05) is 0 Å². The van der Waals surface area contributed by atoms with Crippen LogP contribution in [0.2, 0.25) is 0 Å². The zero-order valence-electron chi connectivity index (χ0n) is 17.8. The second-order valence-corrected chi connectivity index (χ2v) is 8.74. The molecule has 0 spiro atoms.